The lowest BCUT2D eigenvalue weighted by Crippen LogP contribution is -2.16. The molecule has 0 radical (unpaired) electrons. The minimum absolute atomic E-state index is 0.0547. The number of esters is 1. The highest BCUT2D eigenvalue weighted by atomic mass is 32.2. The van der Waals surface area contributed by atoms with Crippen LogP contribution in [0.25, 0.3) is 0 Å². The van der Waals surface area contributed by atoms with E-state index in [1.807, 2.05) is 0 Å². The van der Waals surface area contributed by atoms with Gasteiger partial charge >= 0.3 is 5.97 Å². The Kier molecular flexibility index (Phi) is 6.51. The molecule has 0 saturated heterocycles. The molecule has 0 atom stereocenters. The van der Waals surface area contributed by atoms with Gasteiger partial charge in [0.15, 0.2) is 9.84 Å². The molecule has 1 aromatic rings. The summed E-state index contributed by atoms with van der Waals surface area (Å²) in [6.45, 7) is 0.699. The molecule has 7 nitrogen and oxygen atoms in total. The van der Waals surface area contributed by atoms with Crippen LogP contribution in [0.5, 0.6) is 0 Å². The molecule has 0 aliphatic carbocycles. The zero-order chi connectivity index (χ0) is 16.8. The van der Waals surface area contributed by atoms with Crippen LogP contribution in [-0.4, -0.2) is 47.3 Å². The molecule has 1 rings (SSSR count). The fourth-order valence-electron chi connectivity index (χ4n) is 1.77. The monoisotopic (exact) mass is 328 g/mol. The fourth-order valence-corrected chi connectivity index (χ4v) is 2.45. The number of methoxy groups -OCH3 is 1. The van der Waals surface area contributed by atoms with Gasteiger partial charge in [0.25, 0.3) is 0 Å². The van der Waals surface area contributed by atoms with Crippen molar-refractivity contribution in [1.82, 2.24) is 5.32 Å². The molecule has 0 unspecified atom stereocenters. The van der Waals surface area contributed by atoms with Crippen LogP contribution in [0.4, 0.5) is 5.69 Å². The van der Waals surface area contributed by atoms with E-state index in [9.17, 15) is 18.0 Å². The van der Waals surface area contributed by atoms with Crippen molar-refractivity contribution < 1.29 is 22.7 Å². The molecular weight excluding hydrogens is 308 g/mol. The number of benzene rings is 1. The van der Waals surface area contributed by atoms with E-state index in [2.05, 4.69) is 15.4 Å². The van der Waals surface area contributed by atoms with Crippen LogP contribution in [0.3, 0.4) is 0 Å². The number of amides is 1. The van der Waals surface area contributed by atoms with Crippen LogP contribution in [0.2, 0.25) is 0 Å². The Morgan fingerprint density at radius 2 is 1.91 bits per heavy atom. The van der Waals surface area contributed by atoms with Gasteiger partial charge in [-0.2, -0.15) is 0 Å². The second-order valence-corrected chi connectivity index (χ2v) is 6.78. The third kappa shape index (κ3) is 5.45. The Bertz CT molecular complexity index is 655. The van der Waals surface area contributed by atoms with E-state index in [1.165, 1.54) is 25.3 Å². The molecule has 0 fully saturated rings. The number of nitrogens with one attached hydrogen (secondary N) is 2. The first-order valence-electron chi connectivity index (χ1n) is 6.66. The number of carbonyl (C=O) groups is 2. The van der Waals surface area contributed by atoms with E-state index in [0.717, 1.165) is 6.26 Å². The lowest BCUT2D eigenvalue weighted by atomic mass is 10.2. The highest BCUT2D eigenvalue weighted by Gasteiger charge is 2.15. The maximum Gasteiger partial charge on any atom is 0.337 e. The molecule has 0 aliphatic rings. The number of hydrogen-bond acceptors (Lipinski definition) is 6. The maximum absolute atomic E-state index is 11.8. The Morgan fingerprint density at radius 3 is 2.45 bits per heavy atom. The normalized spacial score (nSPS) is 11.0. The molecule has 8 heteroatoms. The standard InChI is InChI=1S/C14H20N2O5S/c1-15-6-4-5-13(17)16-11-7-10(14(18)21-2)8-12(9-11)22(3,19)20/h7-9,15H,4-6H2,1-3H3,(H,16,17). The van der Waals surface area contributed by atoms with Crippen molar-refractivity contribution in [1.29, 1.82) is 0 Å². The predicted octanol–water partition coefficient (Wildman–Crippen LogP) is 0.815. The molecule has 0 aliphatic heterocycles. The average molecular weight is 328 g/mol. The second kappa shape index (κ2) is 7.90. The van der Waals surface area contributed by atoms with Crippen molar-refractivity contribution in [3.63, 3.8) is 0 Å². The maximum atomic E-state index is 11.8. The summed E-state index contributed by atoms with van der Waals surface area (Å²) in [5, 5.41) is 5.52. The molecule has 2 N–H and O–H groups in total. The Hall–Kier alpha value is -1.93. The molecular formula is C14H20N2O5S. The number of hydrogen-bond donors (Lipinski definition) is 2. The van der Waals surface area contributed by atoms with Crippen LogP contribution >= 0.6 is 0 Å². The highest BCUT2D eigenvalue weighted by molar-refractivity contribution is 7.90. The van der Waals surface area contributed by atoms with Crippen molar-refractivity contribution in [2.45, 2.75) is 17.7 Å². The molecule has 1 amide bonds. The van der Waals surface area contributed by atoms with E-state index in [1.54, 1.807) is 7.05 Å². The third-order valence-corrected chi connectivity index (χ3v) is 3.96. The lowest BCUT2D eigenvalue weighted by Gasteiger charge is -2.09. The van der Waals surface area contributed by atoms with Crippen LogP contribution < -0.4 is 10.6 Å². The largest absolute Gasteiger partial charge is 0.465 e. The molecule has 0 aromatic heterocycles. The van der Waals surface area contributed by atoms with Gasteiger partial charge in [0.05, 0.1) is 17.6 Å². The Morgan fingerprint density at radius 1 is 1.23 bits per heavy atom. The van der Waals surface area contributed by atoms with Crippen molar-refractivity contribution in [2.24, 2.45) is 0 Å². The van der Waals surface area contributed by atoms with E-state index in [-0.39, 0.29) is 28.5 Å². The molecule has 122 valence electrons. The minimum atomic E-state index is -3.52. The summed E-state index contributed by atoms with van der Waals surface area (Å²) in [4.78, 5) is 23.3. The lowest BCUT2D eigenvalue weighted by molar-refractivity contribution is -0.116. The summed E-state index contributed by atoms with van der Waals surface area (Å²) in [5.74, 6) is -0.923. The van der Waals surface area contributed by atoms with Gasteiger partial charge in [-0.1, -0.05) is 0 Å². The van der Waals surface area contributed by atoms with Gasteiger partial charge in [-0.3, -0.25) is 4.79 Å². The Labute approximate surface area is 130 Å². The summed E-state index contributed by atoms with van der Waals surface area (Å²) in [6, 6.07) is 3.92. The quantitative estimate of drug-likeness (QED) is 0.567. The fraction of sp³-hybridized carbons (Fsp3) is 0.429. The number of sulfone groups is 1. The summed E-state index contributed by atoms with van der Waals surface area (Å²) < 4.78 is 27.9. The van der Waals surface area contributed by atoms with Crippen LogP contribution in [0.15, 0.2) is 23.1 Å². The third-order valence-electron chi connectivity index (χ3n) is 2.87. The van der Waals surface area contributed by atoms with E-state index in [4.69, 9.17) is 0 Å². The molecule has 0 bridgehead atoms. The van der Waals surface area contributed by atoms with Gasteiger partial charge in [-0.05, 0) is 38.2 Å². The summed E-state index contributed by atoms with van der Waals surface area (Å²) in [6.07, 6.45) is 1.97. The van der Waals surface area contributed by atoms with E-state index in [0.29, 0.717) is 13.0 Å². The van der Waals surface area contributed by atoms with Gasteiger partial charge in [-0.15, -0.1) is 0 Å². The van der Waals surface area contributed by atoms with E-state index < -0.39 is 15.8 Å². The summed E-state index contributed by atoms with van der Waals surface area (Å²) in [5.41, 5.74) is 0.314. The van der Waals surface area contributed by atoms with Crippen molar-refractivity contribution >= 4 is 27.4 Å². The zero-order valence-corrected chi connectivity index (χ0v) is 13.6. The van der Waals surface area contributed by atoms with Crippen molar-refractivity contribution in [2.75, 3.05) is 32.3 Å². The molecule has 0 heterocycles. The smallest absolute Gasteiger partial charge is 0.337 e. The van der Waals surface area contributed by atoms with Gasteiger partial charge in [0.2, 0.25) is 5.91 Å². The second-order valence-electron chi connectivity index (χ2n) is 4.77. The minimum Gasteiger partial charge on any atom is -0.465 e. The summed E-state index contributed by atoms with van der Waals surface area (Å²) >= 11 is 0. The SMILES string of the molecule is CNCCCC(=O)Nc1cc(C(=O)OC)cc(S(C)(=O)=O)c1. The number of anilines is 1. The van der Waals surface area contributed by atoms with Gasteiger partial charge in [-0.25, -0.2) is 13.2 Å². The average Bonchev–Trinajstić information content (AvgIpc) is 2.45. The first-order chi connectivity index (χ1) is 10.3. The zero-order valence-electron chi connectivity index (χ0n) is 12.8. The predicted molar refractivity (Wildman–Crippen MR) is 82.7 cm³/mol. The van der Waals surface area contributed by atoms with Crippen molar-refractivity contribution in [3.05, 3.63) is 23.8 Å². The van der Waals surface area contributed by atoms with Crippen LogP contribution in [0.1, 0.15) is 23.2 Å². The first kappa shape index (κ1) is 18.1. The van der Waals surface area contributed by atoms with Gasteiger partial charge in [0.1, 0.15) is 0 Å². The highest BCUT2D eigenvalue weighted by Crippen LogP contribution is 2.20. The summed E-state index contributed by atoms with van der Waals surface area (Å²) in [7, 11) is -0.528. The van der Waals surface area contributed by atoms with Crippen LogP contribution in [-0.2, 0) is 19.4 Å². The van der Waals surface area contributed by atoms with Crippen LogP contribution in [0, 0.1) is 0 Å². The van der Waals surface area contributed by atoms with E-state index >= 15 is 0 Å². The number of carbonyl (C=O) groups excluding carboxylic acids is 2. The molecule has 1 aromatic carbocycles. The first-order valence-corrected chi connectivity index (χ1v) is 8.55. The molecule has 22 heavy (non-hydrogen) atoms. The number of ether oxygens (including phenoxy) is 1. The Balaban J connectivity index is 3.03. The van der Waals surface area contributed by atoms with Gasteiger partial charge < -0.3 is 15.4 Å². The topological polar surface area (TPSA) is 102 Å². The number of rotatable bonds is 7. The molecule has 0 saturated carbocycles. The molecule has 0 spiro atoms. The van der Waals surface area contributed by atoms with Crippen molar-refractivity contribution in [3.8, 4) is 0 Å². The van der Waals surface area contributed by atoms with Gasteiger partial charge in [0, 0.05) is 18.4 Å².